The molecule has 0 aliphatic carbocycles. The second-order valence-electron chi connectivity index (χ2n) is 6.24. The Hall–Kier alpha value is -1.57. The number of nitrogens with zero attached hydrogens (tertiary/aromatic N) is 3. The van der Waals surface area contributed by atoms with Crippen LogP contribution in [0.15, 0.2) is 4.52 Å². The highest BCUT2D eigenvalue weighted by atomic mass is 32.2. The lowest BCUT2D eigenvalue weighted by Gasteiger charge is -2.18. The highest BCUT2D eigenvalue weighted by molar-refractivity contribution is 7.99. The van der Waals surface area contributed by atoms with E-state index >= 15 is 0 Å². The molecule has 3 amide bonds. The molecule has 7 nitrogen and oxygen atoms in total. The first-order valence-corrected chi connectivity index (χ1v) is 8.69. The molecule has 120 valence electrons. The number of carbonyl (C=O) groups excluding carboxylic acids is 2. The maximum absolute atomic E-state index is 12.5. The van der Waals surface area contributed by atoms with Gasteiger partial charge in [-0.1, -0.05) is 19.0 Å². The minimum atomic E-state index is -0.720. The number of carbonyl (C=O) groups is 2. The molecule has 0 aromatic carbocycles. The highest BCUT2D eigenvalue weighted by Crippen LogP contribution is 2.33. The number of aryl methyl sites for hydroxylation is 1. The summed E-state index contributed by atoms with van der Waals surface area (Å²) in [6.45, 7) is 4.31. The molecule has 1 aromatic rings. The molecule has 2 fully saturated rings. The van der Waals surface area contributed by atoms with Gasteiger partial charge in [0.2, 0.25) is 5.89 Å². The second-order valence-corrected chi connectivity index (χ2v) is 7.35. The monoisotopic (exact) mass is 324 g/mol. The third-order valence-corrected chi connectivity index (χ3v) is 5.21. The Kier molecular flexibility index (Phi) is 4.12. The van der Waals surface area contributed by atoms with E-state index in [1.807, 2.05) is 0 Å². The summed E-state index contributed by atoms with van der Waals surface area (Å²) in [6, 6.07) is -0.366. The normalized spacial score (nSPS) is 24.8. The molecule has 1 spiro atoms. The molecule has 3 rings (SSSR count). The number of hydrogen-bond acceptors (Lipinski definition) is 6. The Morgan fingerprint density at radius 2 is 2.27 bits per heavy atom. The van der Waals surface area contributed by atoms with Gasteiger partial charge in [0, 0.05) is 12.2 Å². The van der Waals surface area contributed by atoms with E-state index in [1.165, 1.54) is 4.90 Å². The van der Waals surface area contributed by atoms with Crippen LogP contribution < -0.4 is 5.32 Å². The van der Waals surface area contributed by atoms with Crippen LogP contribution >= 0.6 is 11.8 Å². The van der Waals surface area contributed by atoms with Crippen LogP contribution in [0.4, 0.5) is 4.79 Å². The summed E-state index contributed by atoms with van der Waals surface area (Å²) in [5, 5.41) is 6.73. The van der Waals surface area contributed by atoms with E-state index < -0.39 is 5.54 Å². The van der Waals surface area contributed by atoms with Crippen LogP contribution in [-0.4, -0.2) is 44.0 Å². The van der Waals surface area contributed by atoms with E-state index in [-0.39, 0.29) is 18.5 Å². The van der Waals surface area contributed by atoms with E-state index in [0.717, 1.165) is 18.6 Å². The van der Waals surface area contributed by atoms with Crippen molar-refractivity contribution in [3.05, 3.63) is 11.7 Å². The molecule has 1 aromatic heterocycles. The average molecular weight is 324 g/mol. The van der Waals surface area contributed by atoms with E-state index in [2.05, 4.69) is 29.3 Å². The molecular formula is C14H20N4O3S. The van der Waals surface area contributed by atoms with Crippen molar-refractivity contribution in [3.63, 3.8) is 0 Å². The van der Waals surface area contributed by atoms with Gasteiger partial charge in [-0.15, -0.1) is 0 Å². The minimum absolute atomic E-state index is 0.0474. The number of amides is 3. The first kappa shape index (κ1) is 15.3. The van der Waals surface area contributed by atoms with Crippen molar-refractivity contribution in [1.82, 2.24) is 20.4 Å². The predicted molar refractivity (Wildman–Crippen MR) is 81.2 cm³/mol. The summed E-state index contributed by atoms with van der Waals surface area (Å²) >= 11 is 1.68. The van der Waals surface area contributed by atoms with Crippen LogP contribution in [0.5, 0.6) is 0 Å². The quantitative estimate of drug-likeness (QED) is 0.827. The van der Waals surface area contributed by atoms with Crippen LogP contribution in [0.25, 0.3) is 0 Å². The van der Waals surface area contributed by atoms with E-state index in [4.69, 9.17) is 4.52 Å². The van der Waals surface area contributed by atoms with Gasteiger partial charge in [0.1, 0.15) is 12.1 Å². The number of imide groups is 1. The van der Waals surface area contributed by atoms with Crippen LogP contribution in [0, 0.1) is 5.92 Å². The summed E-state index contributed by atoms with van der Waals surface area (Å²) in [7, 11) is 0. The number of rotatable bonds is 5. The molecule has 0 unspecified atom stereocenters. The number of hydrogen-bond donors (Lipinski definition) is 1. The van der Waals surface area contributed by atoms with Crippen LogP contribution in [0.3, 0.4) is 0 Å². The number of nitrogens with one attached hydrogen (secondary N) is 1. The third-order valence-electron chi connectivity index (χ3n) is 4.02. The topological polar surface area (TPSA) is 88.3 Å². The van der Waals surface area contributed by atoms with Gasteiger partial charge in [-0.25, -0.2) is 4.79 Å². The number of urea groups is 1. The SMILES string of the molecule is CC(C)CCc1noc(CN2C(=O)N[C@@]3(CCSC3)C2=O)n1. The zero-order valence-corrected chi connectivity index (χ0v) is 13.6. The van der Waals surface area contributed by atoms with Gasteiger partial charge in [-0.2, -0.15) is 16.7 Å². The smallest absolute Gasteiger partial charge is 0.325 e. The van der Waals surface area contributed by atoms with Crippen molar-refractivity contribution in [3.8, 4) is 0 Å². The Morgan fingerprint density at radius 1 is 1.45 bits per heavy atom. The van der Waals surface area contributed by atoms with Crippen molar-refractivity contribution < 1.29 is 14.1 Å². The molecular weight excluding hydrogens is 304 g/mol. The maximum atomic E-state index is 12.5. The van der Waals surface area contributed by atoms with Crippen LogP contribution in [0.2, 0.25) is 0 Å². The molecule has 3 heterocycles. The van der Waals surface area contributed by atoms with Crippen molar-refractivity contribution in [2.75, 3.05) is 11.5 Å². The molecule has 0 bridgehead atoms. The third kappa shape index (κ3) is 2.84. The van der Waals surface area contributed by atoms with Crippen molar-refractivity contribution in [1.29, 1.82) is 0 Å². The van der Waals surface area contributed by atoms with Crippen molar-refractivity contribution in [2.45, 2.75) is 45.2 Å². The lowest BCUT2D eigenvalue weighted by Crippen LogP contribution is -2.46. The van der Waals surface area contributed by atoms with E-state index in [9.17, 15) is 9.59 Å². The Labute approximate surface area is 133 Å². The molecule has 2 saturated heterocycles. The van der Waals surface area contributed by atoms with E-state index in [1.54, 1.807) is 11.8 Å². The molecule has 22 heavy (non-hydrogen) atoms. The molecule has 8 heteroatoms. The van der Waals surface area contributed by atoms with Crippen LogP contribution in [-0.2, 0) is 17.8 Å². The molecule has 1 atom stereocenters. The first-order valence-electron chi connectivity index (χ1n) is 7.53. The molecule has 0 saturated carbocycles. The standard InChI is InChI=1S/C14H20N4O3S/c1-9(2)3-4-10-15-11(21-17-10)7-18-12(19)14(16-13(18)20)5-6-22-8-14/h9H,3-8H2,1-2H3,(H,16,20)/t14-/m1/s1. The summed E-state index contributed by atoms with van der Waals surface area (Å²) in [5.41, 5.74) is -0.720. The Balaban J connectivity index is 1.65. The van der Waals surface area contributed by atoms with Crippen molar-refractivity contribution >= 4 is 23.7 Å². The van der Waals surface area contributed by atoms with E-state index in [0.29, 0.717) is 29.8 Å². The lowest BCUT2D eigenvalue weighted by molar-refractivity contribution is -0.131. The number of aromatic nitrogens is 2. The molecule has 2 aliphatic rings. The van der Waals surface area contributed by atoms with Gasteiger partial charge in [0.05, 0.1) is 0 Å². The fourth-order valence-corrected chi connectivity index (χ4v) is 3.99. The Bertz CT molecular complexity index is 580. The summed E-state index contributed by atoms with van der Waals surface area (Å²) in [5.74, 6) is 2.85. The summed E-state index contributed by atoms with van der Waals surface area (Å²) in [4.78, 5) is 30.0. The highest BCUT2D eigenvalue weighted by Gasteiger charge is 2.53. The van der Waals surface area contributed by atoms with Crippen LogP contribution in [0.1, 0.15) is 38.4 Å². The maximum Gasteiger partial charge on any atom is 0.325 e. The fourth-order valence-electron chi connectivity index (χ4n) is 2.66. The van der Waals surface area contributed by atoms with Gasteiger partial charge in [-0.3, -0.25) is 9.69 Å². The first-order chi connectivity index (χ1) is 10.5. The van der Waals surface area contributed by atoms with Crippen molar-refractivity contribution in [2.24, 2.45) is 5.92 Å². The molecule has 0 radical (unpaired) electrons. The zero-order chi connectivity index (χ0) is 15.7. The Morgan fingerprint density at radius 3 is 2.95 bits per heavy atom. The summed E-state index contributed by atoms with van der Waals surface area (Å²) in [6.07, 6.45) is 2.40. The number of thioether (sulfide) groups is 1. The van der Waals surface area contributed by atoms with Gasteiger partial charge in [-0.05, 0) is 24.5 Å². The van der Waals surface area contributed by atoms with Gasteiger partial charge in [0.15, 0.2) is 5.82 Å². The summed E-state index contributed by atoms with van der Waals surface area (Å²) < 4.78 is 5.17. The predicted octanol–water partition coefficient (Wildman–Crippen LogP) is 1.59. The van der Waals surface area contributed by atoms with Gasteiger partial charge in [0.25, 0.3) is 5.91 Å². The minimum Gasteiger partial charge on any atom is -0.337 e. The van der Waals surface area contributed by atoms with Gasteiger partial charge < -0.3 is 9.84 Å². The molecule has 2 aliphatic heterocycles. The largest absolute Gasteiger partial charge is 0.337 e. The average Bonchev–Trinajstić information content (AvgIpc) is 3.15. The lowest BCUT2D eigenvalue weighted by atomic mass is 9.99. The second kappa shape index (κ2) is 5.91. The zero-order valence-electron chi connectivity index (χ0n) is 12.8. The molecule has 1 N–H and O–H groups in total. The fraction of sp³-hybridized carbons (Fsp3) is 0.714. The van der Waals surface area contributed by atoms with Gasteiger partial charge >= 0.3 is 6.03 Å².